The molecule has 0 atom stereocenters. The van der Waals surface area contributed by atoms with E-state index in [0.717, 1.165) is 33.9 Å². The average Bonchev–Trinajstić information content (AvgIpc) is 2.58. The van der Waals surface area contributed by atoms with E-state index >= 15 is 0 Å². The zero-order chi connectivity index (χ0) is 18.4. The van der Waals surface area contributed by atoms with E-state index in [9.17, 15) is 4.79 Å². The minimum atomic E-state index is -0.0383. The summed E-state index contributed by atoms with van der Waals surface area (Å²) in [6, 6.07) is 11.7. The molecule has 0 aliphatic rings. The highest BCUT2D eigenvalue weighted by molar-refractivity contribution is 5.93. The second kappa shape index (κ2) is 8.53. The van der Waals surface area contributed by atoms with Crippen molar-refractivity contribution in [3.63, 3.8) is 0 Å². The molecule has 0 aliphatic heterocycles. The zero-order valence-corrected chi connectivity index (χ0v) is 15.6. The van der Waals surface area contributed by atoms with Gasteiger partial charge in [0.15, 0.2) is 0 Å². The zero-order valence-electron chi connectivity index (χ0n) is 15.6. The number of carbonyl (C=O) groups excluding carboxylic acids is 1. The number of carbonyl (C=O) groups is 1. The molecular formula is C20H26N2O3. The first-order valence-corrected chi connectivity index (χ1v) is 8.19. The van der Waals surface area contributed by atoms with Crippen molar-refractivity contribution in [2.45, 2.75) is 20.4 Å². The Morgan fingerprint density at radius 2 is 1.84 bits per heavy atom. The van der Waals surface area contributed by atoms with Crippen molar-refractivity contribution in [1.82, 2.24) is 4.90 Å². The molecule has 0 saturated heterocycles. The molecule has 0 aliphatic carbocycles. The molecule has 0 fully saturated rings. The van der Waals surface area contributed by atoms with Crippen LogP contribution in [0.3, 0.4) is 0 Å². The van der Waals surface area contributed by atoms with Gasteiger partial charge in [-0.2, -0.15) is 0 Å². The molecule has 0 radical (unpaired) electrons. The number of rotatable bonds is 7. The predicted molar refractivity (Wildman–Crippen MR) is 100 cm³/mol. The van der Waals surface area contributed by atoms with Gasteiger partial charge in [-0.3, -0.25) is 9.69 Å². The molecule has 5 heteroatoms. The van der Waals surface area contributed by atoms with Gasteiger partial charge in [0.2, 0.25) is 5.91 Å². The Hall–Kier alpha value is -2.53. The number of hydrogen-bond donors (Lipinski definition) is 1. The fraction of sp³-hybridized carbons (Fsp3) is 0.350. The summed E-state index contributed by atoms with van der Waals surface area (Å²) in [6.07, 6.45) is 0. The molecule has 0 heterocycles. The molecule has 0 aromatic heterocycles. The first kappa shape index (κ1) is 18.8. The molecule has 1 N–H and O–H groups in total. The third kappa shape index (κ3) is 5.22. The van der Waals surface area contributed by atoms with Crippen molar-refractivity contribution < 1.29 is 14.3 Å². The third-order valence-electron chi connectivity index (χ3n) is 4.02. The summed E-state index contributed by atoms with van der Waals surface area (Å²) in [5.74, 6) is 1.46. The van der Waals surface area contributed by atoms with Crippen LogP contribution in [0.4, 0.5) is 5.69 Å². The minimum absolute atomic E-state index is 0.0383. The van der Waals surface area contributed by atoms with Gasteiger partial charge in [-0.05, 0) is 44.2 Å². The molecule has 2 aromatic carbocycles. The Bertz CT molecular complexity index is 744. The number of nitrogens with zero attached hydrogens (tertiary/aromatic N) is 1. The Labute approximate surface area is 149 Å². The Morgan fingerprint density at radius 1 is 1.08 bits per heavy atom. The Balaban J connectivity index is 1.99. The van der Waals surface area contributed by atoms with Crippen LogP contribution in [-0.4, -0.2) is 38.6 Å². The number of methoxy groups -OCH3 is 2. The smallest absolute Gasteiger partial charge is 0.238 e. The molecule has 5 nitrogen and oxygen atoms in total. The lowest BCUT2D eigenvalue weighted by Gasteiger charge is -2.19. The van der Waals surface area contributed by atoms with E-state index in [4.69, 9.17) is 9.47 Å². The summed E-state index contributed by atoms with van der Waals surface area (Å²) in [7, 11) is 5.16. The topological polar surface area (TPSA) is 50.8 Å². The van der Waals surface area contributed by atoms with E-state index < -0.39 is 0 Å². The molecule has 2 rings (SSSR count). The number of aryl methyl sites for hydroxylation is 2. The molecule has 0 spiro atoms. The monoisotopic (exact) mass is 342 g/mol. The molecule has 134 valence electrons. The third-order valence-corrected chi connectivity index (χ3v) is 4.02. The number of benzene rings is 2. The van der Waals surface area contributed by atoms with Crippen molar-refractivity contribution >= 4 is 11.6 Å². The van der Waals surface area contributed by atoms with Gasteiger partial charge < -0.3 is 14.8 Å². The second-order valence-corrected chi connectivity index (χ2v) is 6.22. The summed E-state index contributed by atoms with van der Waals surface area (Å²) >= 11 is 0. The van der Waals surface area contributed by atoms with Crippen LogP contribution in [0.15, 0.2) is 36.4 Å². The Morgan fingerprint density at radius 3 is 2.52 bits per heavy atom. The Kier molecular flexibility index (Phi) is 6.42. The SMILES string of the molecule is COc1ccc(CN(C)CC(=O)Nc2cc(C)ccc2C)c(OC)c1. The molecule has 25 heavy (non-hydrogen) atoms. The first-order chi connectivity index (χ1) is 11.9. The molecule has 1 amide bonds. The van der Waals surface area contributed by atoms with Gasteiger partial charge in [0, 0.05) is 23.9 Å². The number of ether oxygens (including phenoxy) is 2. The van der Waals surface area contributed by atoms with Gasteiger partial charge in [0.25, 0.3) is 0 Å². The van der Waals surface area contributed by atoms with Gasteiger partial charge in [0.1, 0.15) is 11.5 Å². The molecule has 0 unspecified atom stereocenters. The van der Waals surface area contributed by atoms with Crippen molar-refractivity contribution in [2.75, 3.05) is 33.1 Å². The van der Waals surface area contributed by atoms with Crippen LogP contribution >= 0.6 is 0 Å². The minimum Gasteiger partial charge on any atom is -0.497 e. The number of nitrogens with one attached hydrogen (secondary N) is 1. The summed E-state index contributed by atoms with van der Waals surface area (Å²) < 4.78 is 10.6. The maximum absolute atomic E-state index is 12.3. The quantitative estimate of drug-likeness (QED) is 0.838. The van der Waals surface area contributed by atoms with Gasteiger partial charge in [-0.25, -0.2) is 0 Å². The van der Waals surface area contributed by atoms with Gasteiger partial charge in [-0.1, -0.05) is 18.2 Å². The van der Waals surface area contributed by atoms with E-state index in [1.54, 1.807) is 14.2 Å². The summed E-state index contributed by atoms with van der Waals surface area (Å²) in [5.41, 5.74) is 4.04. The first-order valence-electron chi connectivity index (χ1n) is 8.19. The second-order valence-electron chi connectivity index (χ2n) is 6.22. The number of anilines is 1. The van der Waals surface area contributed by atoms with Crippen LogP contribution in [0.1, 0.15) is 16.7 Å². The fourth-order valence-electron chi connectivity index (χ4n) is 2.63. The summed E-state index contributed by atoms with van der Waals surface area (Å²) in [5, 5.41) is 2.98. The van der Waals surface area contributed by atoms with E-state index in [0.29, 0.717) is 13.1 Å². The van der Waals surface area contributed by atoms with Crippen molar-refractivity contribution in [3.05, 3.63) is 53.1 Å². The predicted octanol–water partition coefficient (Wildman–Crippen LogP) is 3.39. The largest absolute Gasteiger partial charge is 0.497 e. The van der Waals surface area contributed by atoms with Gasteiger partial charge in [0.05, 0.1) is 20.8 Å². The molecule has 2 aromatic rings. The van der Waals surface area contributed by atoms with Gasteiger partial charge >= 0.3 is 0 Å². The van der Waals surface area contributed by atoms with Gasteiger partial charge in [-0.15, -0.1) is 0 Å². The van der Waals surface area contributed by atoms with Crippen LogP contribution in [0.2, 0.25) is 0 Å². The lowest BCUT2D eigenvalue weighted by atomic mass is 10.1. The van der Waals surface area contributed by atoms with Crippen LogP contribution in [-0.2, 0) is 11.3 Å². The fourth-order valence-corrected chi connectivity index (χ4v) is 2.63. The lowest BCUT2D eigenvalue weighted by molar-refractivity contribution is -0.117. The van der Waals surface area contributed by atoms with Crippen LogP contribution in [0, 0.1) is 13.8 Å². The summed E-state index contributed by atoms with van der Waals surface area (Å²) in [6.45, 7) is 4.90. The molecular weight excluding hydrogens is 316 g/mol. The van der Waals surface area contributed by atoms with E-state index in [2.05, 4.69) is 5.32 Å². The number of likely N-dealkylation sites (N-methyl/N-ethyl adjacent to an activating group) is 1. The maximum Gasteiger partial charge on any atom is 0.238 e. The maximum atomic E-state index is 12.3. The van der Waals surface area contributed by atoms with Crippen LogP contribution in [0.25, 0.3) is 0 Å². The number of hydrogen-bond acceptors (Lipinski definition) is 4. The normalized spacial score (nSPS) is 10.6. The molecule has 0 bridgehead atoms. The standard InChI is InChI=1S/C20H26N2O3/c1-14-6-7-15(2)18(10-14)21-20(23)13-22(3)12-16-8-9-17(24-4)11-19(16)25-5/h6-11H,12-13H2,1-5H3,(H,21,23). The van der Waals surface area contributed by atoms with E-state index in [1.807, 2.05) is 62.2 Å². The highest BCUT2D eigenvalue weighted by Gasteiger charge is 2.12. The average molecular weight is 342 g/mol. The van der Waals surface area contributed by atoms with E-state index in [-0.39, 0.29) is 5.91 Å². The van der Waals surface area contributed by atoms with Crippen molar-refractivity contribution in [3.8, 4) is 11.5 Å². The highest BCUT2D eigenvalue weighted by atomic mass is 16.5. The lowest BCUT2D eigenvalue weighted by Crippen LogP contribution is -2.30. The van der Waals surface area contributed by atoms with Crippen LogP contribution < -0.4 is 14.8 Å². The highest BCUT2D eigenvalue weighted by Crippen LogP contribution is 2.25. The summed E-state index contributed by atoms with van der Waals surface area (Å²) in [4.78, 5) is 14.3. The number of amides is 1. The van der Waals surface area contributed by atoms with Crippen molar-refractivity contribution in [2.24, 2.45) is 0 Å². The van der Waals surface area contributed by atoms with Crippen molar-refractivity contribution in [1.29, 1.82) is 0 Å². The van der Waals surface area contributed by atoms with E-state index in [1.165, 1.54) is 0 Å². The van der Waals surface area contributed by atoms with Crippen LogP contribution in [0.5, 0.6) is 11.5 Å². The molecule has 0 saturated carbocycles.